The van der Waals surface area contributed by atoms with Gasteiger partial charge in [-0.2, -0.15) is 0 Å². The van der Waals surface area contributed by atoms with Gasteiger partial charge in [0.1, 0.15) is 12.4 Å². The van der Waals surface area contributed by atoms with Crippen LogP contribution < -0.4 is 0 Å². The molecule has 4 rings (SSSR count). The predicted octanol–water partition coefficient (Wildman–Crippen LogP) is 4.33. The molecular weight excluding hydrogens is 314 g/mol. The van der Waals surface area contributed by atoms with Crippen LogP contribution in [-0.2, 0) is 16.1 Å². The average Bonchev–Trinajstić information content (AvgIpc) is 2.58. The minimum atomic E-state index is -0.201. The Morgan fingerprint density at radius 1 is 0.920 bits per heavy atom. The second-order valence-electron chi connectivity index (χ2n) is 7.88. The zero-order chi connectivity index (χ0) is 17.2. The van der Waals surface area contributed by atoms with Crippen molar-refractivity contribution in [1.82, 2.24) is 4.90 Å². The van der Waals surface area contributed by atoms with Crippen LogP contribution in [0.3, 0.4) is 0 Å². The molecule has 4 heteroatoms. The van der Waals surface area contributed by atoms with Crippen LogP contribution >= 0.6 is 0 Å². The van der Waals surface area contributed by atoms with Crippen molar-refractivity contribution in [3.05, 3.63) is 35.9 Å². The maximum Gasteiger partial charge on any atom is 0.410 e. The predicted molar refractivity (Wildman–Crippen MR) is 95.0 cm³/mol. The minimum Gasteiger partial charge on any atom is -0.445 e. The number of fused-ring (bicyclic) bond motifs is 2. The molecular formula is C21H27NO3. The van der Waals surface area contributed by atoms with Gasteiger partial charge in [-0.3, -0.25) is 4.79 Å². The van der Waals surface area contributed by atoms with Gasteiger partial charge in [0, 0.05) is 23.9 Å². The summed E-state index contributed by atoms with van der Waals surface area (Å²) >= 11 is 0. The molecule has 2 unspecified atom stereocenters. The third-order valence-electron chi connectivity index (χ3n) is 6.30. The number of hydrogen-bond acceptors (Lipinski definition) is 3. The van der Waals surface area contributed by atoms with E-state index in [0.717, 1.165) is 50.5 Å². The number of piperidine rings is 2. The summed E-state index contributed by atoms with van der Waals surface area (Å²) in [7, 11) is 0. The van der Waals surface area contributed by atoms with Crippen molar-refractivity contribution in [1.29, 1.82) is 0 Å². The third kappa shape index (κ3) is 3.44. The van der Waals surface area contributed by atoms with Crippen LogP contribution in [0.5, 0.6) is 0 Å². The maximum atomic E-state index is 12.7. The van der Waals surface area contributed by atoms with Crippen LogP contribution in [0.25, 0.3) is 0 Å². The second-order valence-corrected chi connectivity index (χ2v) is 7.88. The van der Waals surface area contributed by atoms with Gasteiger partial charge < -0.3 is 9.64 Å². The molecule has 2 atom stereocenters. The van der Waals surface area contributed by atoms with Crippen molar-refractivity contribution in [3.8, 4) is 0 Å². The van der Waals surface area contributed by atoms with Gasteiger partial charge in [-0.15, -0.1) is 0 Å². The van der Waals surface area contributed by atoms with E-state index in [2.05, 4.69) is 0 Å². The van der Waals surface area contributed by atoms with Crippen LogP contribution in [0.15, 0.2) is 30.3 Å². The Bertz CT molecular complexity index is 611. The summed E-state index contributed by atoms with van der Waals surface area (Å²) < 4.78 is 5.58. The summed E-state index contributed by atoms with van der Waals surface area (Å²) in [6.45, 7) is 0.319. The maximum absolute atomic E-state index is 12.7. The molecule has 134 valence electrons. The van der Waals surface area contributed by atoms with Gasteiger partial charge in [0.25, 0.3) is 0 Å². The summed E-state index contributed by atoms with van der Waals surface area (Å²) in [5.74, 6) is 0.946. The Morgan fingerprint density at radius 3 is 2.16 bits per heavy atom. The first-order chi connectivity index (χ1) is 12.2. The SMILES string of the molecule is O=C(C1CCC1)C1CC2CCCC(C1)N2C(=O)OCc1ccccc1. The Labute approximate surface area is 149 Å². The topological polar surface area (TPSA) is 46.6 Å². The van der Waals surface area contributed by atoms with Crippen LogP contribution in [0.2, 0.25) is 0 Å². The van der Waals surface area contributed by atoms with E-state index in [4.69, 9.17) is 4.74 Å². The Hall–Kier alpha value is -1.84. The van der Waals surface area contributed by atoms with Crippen molar-refractivity contribution in [2.45, 2.75) is 70.1 Å². The number of ketones is 1. The lowest BCUT2D eigenvalue weighted by Gasteiger charge is -2.48. The lowest BCUT2D eigenvalue weighted by Crippen LogP contribution is -2.56. The first-order valence-corrected chi connectivity index (χ1v) is 9.75. The van der Waals surface area contributed by atoms with E-state index in [0.29, 0.717) is 18.3 Å². The molecule has 2 saturated heterocycles. The second kappa shape index (κ2) is 7.19. The molecule has 3 fully saturated rings. The standard InChI is InChI=1S/C21H27NO3/c23-20(16-8-4-9-16)17-12-18-10-5-11-19(13-17)22(18)21(24)25-14-15-6-2-1-3-7-15/h1-3,6-7,16-19H,4-5,8-14H2. The summed E-state index contributed by atoms with van der Waals surface area (Å²) in [4.78, 5) is 27.3. The van der Waals surface area contributed by atoms with Crippen LogP contribution in [0.1, 0.15) is 56.9 Å². The average molecular weight is 341 g/mol. The monoisotopic (exact) mass is 341 g/mol. The first kappa shape index (κ1) is 16.6. The van der Waals surface area contributed by atoms with E-state index in [1.807, 2.05) is 35.2 Å². The highest BCUT2D eigenvalue weighted by Crippen LogP contribution is 2.41. The van der Waals surface area contributed by atoms with Crippen LogP contribution in [0.4, 0.5) is 4.79 Å². The quantitative estimate of drug-likeness (QED) is 0.819. The zero-order valence-electron chi connectivity index (χ0n) is 14.7. The molecule has 1 saturated carbocycles. The highest BCUT2D eigenvalue weighted by Gasteiger charge is 2.45. The largest absolute Gasteiger partial charge is 0.445 e. The van der Waals surface area contributed by atoms with Crippen LogP contribution in [-0.4, -0.2) is 28.9 Å². The fraction of sp³-hybridized carbons (Fsp3) is 0.619. The van der Waals surface area contributed by atoms with E-state index in [1.165, 1.54) is 6.42 Å². The molecule has 0 spiro atoms. The lowest BCUT2D eigenvalue weighted by atomic mass is 9.70. The molecule has 1 aromatic rings. The van der Waals surface area contributed by atoms with Gasteiger partial charge in [0.2, 0.25) is 0 Å². The van der Waals surface area contributed by atoms with Crippen molar-refractivity contribution in [2.24, 2.45) is 11.8 Å². The first-order valence-electron chi connectivity index (χ1n) is 9.75. The molecule has 0 N–H and O–H groups in total. The number of Topliss-reactive ketones (excluding diaryl/α,β-unsaturated/α-hetero) is 1. The number of amides is 1. The lowest BCUT2D eigenvalue weighted by molar-refractivity contribution is -0.133. The fourth-order valence-electron chi connectivity index (χ4n) is 4.73. The van der Waals surface area contributed by atoms with Crippen molar-refractivity contribution in [2.75, 3.05) is 0 Å². The smallest absolute Gasteiger partial charge is 0.410 e. The molecule has 1 aliphatic carbocycles. The normalized spacial score (nSPS) is 29.0. The van der Waals surface area contributed by atoms with Crippen molar-refractivity contribution in [3.63, 3.8) is 0 Å². The Kier molecular flexibility index (Phi) is 4.78. The van der Waals surface area contributed by atoms with Gasteiger partial charge in [-0.25, -0.2) is 4.79 Å². The minimum absolute atomic E-state index is 0.166. The van der Waals surface area contributed by atoms with E-state index < -0.39 is 0 Å². The molecule has 0 radical (unpaired) electrons. The molecule has 2 heterocycles. The molecule has 1 amide bonds. The van der Waals surface area contributed by atoms with E-state index >= 15 is 0 Å². The van der Waals surface area contributed by atoms with Crippen molar-refractivity contribution >= 4 is 11.9 Å². The zero-order valence-corrected chi connectivity index (χ0v) is 14.7. The Morgan fingerprint density at radius 2 is 1.56 bits per heavy atom. The molecule has 3 aliphatic rings. The van der Waals surface area contributed by atoms with Gasteiger partial charge in [-0.1, -0.05) is 36.8 Å². The van der Waals surface area contributed by atoms with E-state index in [-0.39, 0.29) is 24.1 Å². The number of rotatable bonds is 4. The molecule has 0 aromatic heterocycles. The number of ether oxygens (including phenoxy) is 1. The molecule has 2 bridgehead atoms. The number of hydrogen-bond donors (Lipinski definition) is 0. The number of benzene rings is 1. The number of nitrogens with zero attached hydrogens (tertiary/aromatic N) is 1. The Balaban J connectivity index is 1.38. The molecule has 1 aromatic carbocycles. The summed E-state index contributed by atoms with van der Waals surface area (Å²) in [6, 6.07) is 10.2. The van der Waals surface area contributed by atoms with E-state index in [1.54, 1.807) is 0 Å². The van der Waals surface area contributed by atoms with E-state index in [9.17, 15) is 9.59 Å². The van der Waals surface area contributed by atoms with Gasteiger partial charge >= 0.3 is 6.09 Å². The highest BCUT2D eigenvalue weighted by molar-refractivity contribution is 5.84. The number of carbonyl (C=O) groups excluding carboxylic acids is 2. The molecule has 25 heavy (non-hydrogen) atoms. The van der Waals surface area contributed by atoms with Gasteiger partial charge in [-0.05, 0) is 50.5 Å². The fourth-order valence-corrected chi connectivity index (χ4v) is 4.73. The van der Waals surface area contributed by atoms with Crippen molar-refractivity contribution < 1.29 is 14.3 Å². The van der Waals surface area contributed by atoms with Crippen LogP contribution in [0, 0.1) is 11.8 Å². The van der Waals surface area contributed by atoms with Gasteiger partial charge in [0.05, 0.1) is 0 Å². The molecule has 2 aliphatic heterocycles. The molecule has 4 nitrogen and oxygen atoms in total. The third-order valence-corrected chi connectivity index (χ3v) is 6.30. The highest BCUT2D eigenvalue weighted by atomic mass is 16.6. The summed E-state index contributed by atoms with van der Waals surface area (Å²) in [5.41, 5.74) is 1.01. The van der Waals surface area contributed by atoms with Gasteiger partial charge in [0.15, 0.2) is 0 Å². The summed E-state index contributed by atoms with van der Waals surface area (Å²) in [6.07, 6.45) is 8.00. The summed E-state index contributed by atoms with van der Waals surface area (Å²) in [5, 5.41) is 0. The number of carbonyl (C=O) groups is 2.